The highest BCUT2D eigenvalue weighted by Crippen LogP contribution is 2.24. The summed E-state index contributed by atoms with van der Waals surface area (Å²) in [5.74, 6) is 0.224. The van der Waals surface area contributed by atoms with Crippen LogP contribution in [0.15, 0.2) is 12.3 Å². The third-order valence-electron chi connectivity index (χ3n) is 1.42. The zero-order valence-corrected chi connectivity index (χ0v) is 6.85. The number of hydrogen-bond donors (Lipinski definition) is 1. The summed E-state index contributed by atoms with van der Waals surface area (Å²) in [7, 11) is 0. The van der Waals surface area contributed by atoms with Gasteiger partial charge >= 0.3 is 0 Å². The molecule has 0 aliphatic heterocycles. The van der Waals surface area contributed by atoms with Gasteiger partial charge in [-0.15, -0.1) is 11.6 Å². The van der Waals surface area contributed by atoms with E-state index in [9.17, 15) is 8.78 Å². The van der Waals surface area contributed by atoms with Crippen LogP contribution in [0.25, 0.3) is 0 Å². The smallest absolute Gasteiger partial charge is 0.265 e. The fraction of sp³-hybridized carbons (Fsp3) is 0.286. The number of nitrogens with zero attached hydrogens (tertiary/aromatic N) is 1. The molecule has 0 aromatic carbocycles. The molecule has 2 N–H and O–H groups in total. The molecule has 1 rings (SSSR count). The molecule has 66 valence electrons. The van der Waals surface area contributed by atoms with Crippen molar-refractivity contribution in [1.29, 1.82) is 0 Å². The second-order valence-corrected chi connectivity index (χ2v) is 2.51. The van der Waals surface area contributed by atoms with Crippen molar-refractivity contribution < 1.29 is 8.78 Å². The summed E-state index contributed by atoms with van der Waals surface area (Å²) in [6.07, 6.45) is -1.50. The van der Waals surface area contributed by atoms with Gasteiger partial charge in [0.2, 0.25) is 0 Å². The van der Waals surface area contributed by atoms with Gasteiger partial charge in [0.1, 0.15) is 5.82 Å². The number of halogens is 3. The molecule has 12 heavy (non-hydrogen) atoms. The quantitative estimate of drug-likeness (QED) is 0.731. The highest BCUT2D eigenvalue weighted by atomic mass is 35.5. The molecule has 0 aliphatic rings. The van der Waals surface area contributed by atoms with E-state index in [1.807, 2.05) is 0 Å². The van der Waals surface area contributed by atoms with Gasteiger partial charge in [-0.3, -0.25) is 0 Å². The second kappa shape index (κ2) is 3.67. The van der Waals surface area contributed by atoms with Crippen LogP contribution in [-0.2, 0) is 5.88 Å². The van der Waals surface area contributed by atoms with Crippen molar-refractivity contribution in [3.63, 3.8) is 0 Å². The maximum absolute atomic E-state index is 12.2. The summed E-state index contributed by atoms with van der Waals surface area (Å²) < 4.78 is 24.4. The number of nitrogen functional groups attached to an aromatic ring is 1. The average molecular weight is 193 g/mol. The van der Waals surface area contributed by atoms with Gasteiger partial charge in [-0.05, 0) is 11.6 Å². The Morgan fingerprint density at radius 1 is 1.58 bits per heavy atom. The Hall–Kier alpha value is -0.900. The van der Waals surface area contributed by atoms with Gasteiger partial charge in [-0.2, -0.15) is 0 Å². The number of nitrogens with two attached hydrogens (primary N) is 1. The topological polar surface area (TPSA) is 38.9 Å². The van der Waals surface area contributed by atoms with Gasteiger partial charge in [0.05, 0.1) is 0 Å². The molecular weight excluding hydrogens is 186 g/mol. The monoisotopic (exact) mass is 192 g/mol. The maximum atomic E-state index is 12.2. The number of pyridine rings is 1. The fourth-order valence-electron chi connectivity index (χ4n) is 0.838. The Morgan fingerprint density at radius 2 is 2.25 bits per heavy atom. The Labute approximate surface area is 73.4 Å². The first-order valence-electron chi connectivity index (χ1n) is 3.23. The molecule has 2 nitrogen and oxygen atoms in total. The van der Waals surface area contributed by atoms with E-state index in [1.165, 1.54) is 6.07 Å². The van der Waals surface area contributed by atoms with Gasteiger partial charge in [-0.1, -0.05) is 0 Å². The minimum atomic E-state index is -2.55. The molecule has 0 bridgehead atoms. The van der Waals surface area contributed by atoms with Crippen LogP contribution in [0.3, 0.4) is 0 Å². The summed E-state index contributed by atoms with van der Waals surface area (Å²) >= 11 is 5.43. The Balaban J connectivity index is 3.11. The van der Waals surface area contributed by atoms with E-state index in [-0.39, 0.29) is 17.3 Å². The van der Waals surface area contributed by atoms with Crippen LogP contribution in [-0.4, -0.2) is 4.98 Å². The third-order valence-corrected chi connectivity index (χ3v) is 1.71. The lowest BCUT2D eigenvalue weighted by molar-refractivity contribution is 0.150. The summed E-state index contributed by atoms with van der Waals surface area (Å²) in [5.41, 5.74) is 5.47. The number of aromatic nitrogens is 1. The lowest BCUT2D eigenvalue weighted by Gasteiger charge is -2.05. The predicted molar refractivity (Wildman–Crippen MR) is 43.2 cm³/mol. The predicted octanol–water partition coefficient (Wildman–Crippen LogP) is 2.34. The molecule has 5 heteroatoms. The maximum Gasteiger partial charge on any atom is 0.265 e. The average Bonchev–Trinajstić information content (AvgIpc) is 2.03. The summed E-state index contributed by atoms with van der Waals surface area (Å²) in [6.45, 7) is 0. The number of rotatable bonds is 2. The van der Waals surface area contributed by atoms with E-state index < -0.39 is 6.43 Å². The summed E-state index contributed by atoms with van der Waals surface area (Å²) in [4.78, 5) is 3.55. The first-order valence-corrected chi connectivity index (χ1v) is 3.77. The zero-order chi connectivity index (χ0) is 9.14. The Morgan fingerprint density at radius 3 is 2.75 bits per heavy atom. The summed E-state index contributed by atoms with van der Waals surface area (Å²) in [6, 6.07) is 1.36. The number of anilines is 1. The standard InChI is InChI=1S/C7H7ClF2N2/c8-2-4-1-6(11)12-3-5(4)7(9)10/h1,3,7H,2H2,(H2,11,12). The van der Waals surface area contributed by atoms with Crippen LogP contribution < -0.4 is 5.73 Å². The van der Waals surface area contributed by atoms with Crippen molar-refractivity contribution in [3.8, 4) is 0 Å². The van der Waals surface area contributed by atoms with Crippen molar-refractivity contribution in [2.45, 2.75) is 12.3 Å². The van der Waals surface area contributed by atoms with E-state index in [0.717, 1.165) is 6.20 Å². The minimum Gasteiger partial charge on any atom is -0.384 e. The molecular formula is C7H7ClF2N2. The molecule has 0 radical (unpaired) electrons. The van der Waals surface area contributed by atoms with Crippen molar-refractivity contribution in [2.24, 2.45) is 0 Å². The molecule has 0 unspecified atom stereocenters. The van der Waals surface area contributed by atoms with Crippen molar-refractivity contribution >= 4 is 17.4 Å². The van der Waals surface area contributed by atoms with E-state index in [2.05, 4.69) is 4.98 Å². The third kappa shape index (κ3) is 1.82. The van der Waals surface area contributed by atoms with Crippen molar-refractivity contribution in [2.75, 3.05) is 5.73 Å². The Kier molecular flexibility index (Phi) is 2.81. The molecule has 1 aromatic heterocycles. The van der Waals surface area contributed by atoms with Crippen LogP contribution in [0.4, 0.5) is 14.6 Å². The van der Waals surface area contributed by atoms with Crippen molar-refractivity contribution in [3.05, 3.63) is 23.4 Å². The van der Waals surface area contributed by atoms with E-state index in [0.29, 0.717) is 5.56 Å². The lowest BCUT2D eigenvalue weighted by Crippen LogP contribution is -1.97. The van der Waals surface area contributed by atoms with E-state index >= 15 is 0 Å². The molecule has 0 spiro atoms. The van der Waals surface area contributed by atoms with Gasteiger partial charge in [-0.25, -0.2) is 13.8 Å². The van der Waals surface area contributed by atoms with E-state index in [4.69, 9.17) is 17.3 Å². The van der Waals surface area contributed by atoms with Crippen LogP contribution in [0.5, 0.6) is 0 Å². The van der Waals surface area contributed by atoms with Gasteiger partial charge in [0.25, 0.3) is 6.43 Å². The second-order valence-electron chi connectivity index (χ2n) is 2.24. The molecule has 0 saturated heterocycles. The molecule has 0 aliphatic carbocycles. The van der Waals surface area contributed by atoms with Crippen LogP contribution >= 0.6 is 11.6 Å². The largest absolute Gasteiger partial charge is 0.384 e. The van der Waals surface area contributed by atoms with Gasteiger partial charge in [0.15, 0.2) is 0 Å². The van der Waals surface area contributed by atoms with Crippen LogP contribution in [0, 0.1) is 0 Å². The molecule has 0 fully saturated rings. The first-order chi connectivity index (χ1) is 5.65. The normalized spacial score (nSPS) is 10.7. The van der Waals surface area contributed by atoms with Crippen LogP contribution in [0.1, 0.15) is 17.6 Å². The van der Waals surface area contributed by atoms with Crippen molar-refractivity contribution in [1.82, 2.24) is 4.98 Å². The first kappa shape index (κ1) is 9.19. The molecule has 1 heterocycles. The number of alkyl halides is 3. The molecule has 0 atom stereocenters. The SMILES string of the molecule is Nc1cc(CCl)c(C(F)F)cn1. The number of hydrogen-bond acceptors (Lipinski definition) is 2. The lowest BCUT2D eigenvalue weighted by atomic mass is 10.1. The summed E-state index contributed by atoms with van der Waals surface area (Å²) in [5, 5.41) is 0. The van der Waals surface area contributed by atoms with Gasteiger partial charge in [0, 0.05) is 17.6 Å². The Bertz CT molecular complexity index is 278. The van der Waals surface area contributed by atoms with E-state index in [1.54, 1.807) is 0 Å². The zero-order valence-electron chi connectivity index (χ0n) is 6.10. The minimum absolute atomic E-state index is 0.0202. The highest BCUT2D eigenvalue weighted by Gasteiger charge is 2.12. The fourth-order valence-corrected chi connectivity index (χ4v) is 1.07. The molecule has 1 aromatic rings. The highest BCUT2D eigenvalue weighted by molar-refractivity contribution is 6.17. The molecule has 0 amide bonds. The molecule has 0 saturated carbocycles. The van der Waals surface area contributed by atoms with Gasteiger partial charge < -0.3 is 5.73 Å². The van der Waals surface area contributed by atoms with Crippen LogP contribution in [0.2, 0.25) is 0 Å².